The van der Waals surface area contributed by atoms with Gasteiger partial charge in [0.2, 0.25) is 0 Å². The molecule has 0 saturated heterocycles. The topological polar surface area (TPSA) is 75.3 Å². The molecule has 2 aliphatic rings. The number of ether oxygens (including phenoxy) is 2. The molecule has 0 aliphatic carbocycles. The van der Waals surface area contributed by atoms with Gasteiger partial charge in [0.05, 0.1) is 31.0 Å². The summed E-state index contributed by atoms with van der Waals surface area (Å²) < 4.78 is 51.7. The number of pyridine rings is 1. The van der Waals surface area contributed by atoms with Crippen molar-refractivity contribution in [2.24, 2.45) is 0 Å². The van der Waals surface area contributed by atoms with Crippen LogP contribution in [0, 0.1) is 0 Å². The van der Waals surface area contributed by atoms with E-state index >= 15 is 0 Å². The predicted octanol–water partition coefficient (Wildman–Crippen LogP) is 3.94. The van der Waals surface area contributed by atoms with E-state index in [1.54, 1.807) is 24.3 Å². The summed E-state index contributed by atoms with van der Waals surface area (Å²) in [5.41, 5.74) is -0.819. The van der Waals surface area contributed by atoms with Crippen LogP contribution < -0.4 is 10.3 Å². The molecule has 10 heteroatoms. The molecular formula is C22H16F3N3O4. The largest absolute Gasteiger partial charge is 0.497 e. The molecule has 164 valence electrons. The summed E-state index contributed by atoms with van der Waals surface area (Å²) in [4.78, 5) is 25.5. The van der Waals surface area contributed by atoms with E-state index in [1.807, 2.05) is 0 Å². The van der Waals surface area contributed by atoms with E-state index in [9.17, 15) is 22.8 Å². The lowest BCUT2D eigenvalue weighted by Crippen LogP contribution is -2.15. The first-order valence-corrected chi connectivity index (χ1v) is 9.28. The molecule has 0 N–H and O–H groups in total. The van der Waals surface area contributed by atoms with Gasteiger partial charge in [-0.2, -0.15) is 23.0 Å². The van der Waals surface area contributed by atoms with Crippen LogP contribution >= 0.6 is 0 Å². The lowest BCUT2D eigenvalue weighted by atomic mass is 10.1. The highest BCUT2D eigenvalue weighted by atomic mass is 19.4. The summed E-state index contributed by atoms with van der Waals surface area (Å²) in [6.07, 6.45) is -1.92. The quantitative estimate of drug-likeness (QED) is 0.447. The number of fused-ring (bicyclic) bond motifs is 1. The third kappa shape index (κ3) is 3.70. The Kier molecular flexibility index (Phi) is 5.21. The van der Waals surface area contributed by atoms with Crippen LogP contribution in [0.15, 0.2) is 65.7 Å². The molecular weight excluding hydrogens is 427 g/mol. The number of halogens is 3. The maximum Gasteiger partial charge on any atom is 0.416 e. The van der Waals surface area contributed by atoms with Gasteiger partial charge in [-0.15, -0.1) is 0 Å². The number of benzene rings is 2. The zero-order valence-corrected chi connectivity index (χ0v) is 16.9. The van der Waals surface area contributed by atoms with E-state index in [-0.39, 0.29) is 22.5 Å². The second kappa shape index (κ2) is 7.88. The smallest absolute Gasteiger partial charge is 0.416 e. The molecule has 2 aliphatic heterocycles. The minimum Gasteiger partial charge on any atom is -0.497 e. The molecule has 2 aromatic rings. The molecule has 0 radical (unpaired) electrons. The van der Waals surface area contributed by atoms with E-state index in [2.05, 4.69) is 5.10 Å². The van der Waals surface area contributed by atoms with Crippen molar-refractivity contribution in [3.63, 3.8) is 0 Å². The van der Waals surface area contributed by atoms with Crippen LogP contribution in [0.5, 0.6) is 5.75 Å². The van der Waals surface area contributed by atoms with Crippen LogP contribution in [0.25, 0.3) is 22.6 Å². The van der Waals surface area contributed by atoms with Crippen LogP contribution in [0.1, 0.15) is 15.9 Å². The summed E-state index contributed by atoms with van der Waals surface area (Å²) in [6.45, 7) is 0. The van der Waals surface area contributed by atoms with Gasteiger partial charge in [0, 0.05) is 18.1 Å². The number of rotatable bonds is 4. The SMILES string of the molecule is COC(=O)c1cn(-c2cccc(C(F)(F)F)c2)cc2c(=O)n(-c3ccc(OC)cc3)nc1-2. The fraction of sp³-hybridized carbons (Fsp3) is 0.136. The van der Waals surface area contributed by atoms with Crippen molar-refractivity contribution in [3.05, 3.63) is 82.4 Å². The van der Waals surface area contributed by atoms with Crippen molar-refractivity contribution in [2.45, 2.75) is 6.18 Å². The molecule has 7 nitrogen and oxygen atoms in total. The number of nitrogens with zero attached hydrogens (tertiary/aromatic N) is 3. The maximum atomic E-state index is 13.2. The number of hydrogen-bond acceptors (Lipinski definition) is 5. The zero-order chi connectivity index (χ0) is 23.0. The van der Waals surface area contributed by atoms with Gasteiger partial charge in [-0.05, 0) is 42.5 Å². The summed E-state index contributed by atoms with van der Waals surface area (Å²) in [7, 11) is 2.67. The van der Waals surface area contributed by atoms with Gasteiger partial charge < -0.3 is 14.0 Å². The Hall–Kier alpha value is -4.08. The van der Waals surface area contributed by atoms with Crippen LogP contribution in [-0.2, 0) is 10.9 Å². The number of carbonyl (C=O) groups is 1. The normalized spacial score (nSPS) is 11.5. The predicted molar refractivity (Wildman–Crippen MR) is 109 cm³/mol. The van der Waals surface area contributed by atoms with Crippen LogP contribution in [0.2, 0.25) is 0 Å². The molecule has 0 spiro atoms. The number of aromatic nitrogens is 3. The zero-order valence-electron chi connectivity index (χ0n) is 16.9. The van der Waals surface area contributed by atoms with Crippen LogP contribution in [0.4, 0.5) is 13.2 Å². The first-order valence-electron chi connectivity index (χ1n) is 9.28. The van der Waals surface area contributed by atoms with Crippen LogP contribution in [0.3, 0.4) is 0 Å². The first kappa shape index (κ1) is 21.2. The minimum absolute atomic E-state index is 0.0427. The maximum absolute atomic E-state index is 13.2. The Morgan fingerprint density at radius 3 is 2.34 bits per heavy atom. The van der Waals surface area contributed by atoms with Gasteiger partial charge in [0.15, 0.2) is 0 Å². The van der Waals surface area contributed by atoms with Gasteiger partial charge in [-0.1, -0.05) is 6.07 Å². The molecule has 4 rings (SSSR count). The summed E-state index contributed by atoms with van der Waals surface area (Å²) in [5.74, 6) is -0.203. The Labute approximate surface area is 179 Å². The second-order valence-electron chi connectivity index (χ2n) is 6.80. The number of methoxy groups -OCH3 is 2. The Morgan fingerprint density at radius 2 is 1.72 bits per heavy atom. The van der Waals surface area contributed by atoms with Gasteiger partial charge in [-0.3, -0.25) is 4.79 Å². The third-order valence-electron chi connectivity index (χ3n) is 4.86. The summed E-state index contributed by atoms with van der Waals surface area (Å²) >= 11 is 0. The molecule has 0 aromatic heterocycles. The average Bonchev–Trinajstić information content (AvgIpc) is 3.14. The summed E-state index contributed by atoms with van der Waals surface area (Å²) in [6, 6.07) is 11.0. The van der Waals surface area contributed by atoms with E-state index in [4.69, 9.17) is 9.47 Å². The molecule has 0 fully saturated rings. The van der Waals surface area contributed by atoms with Crippen molar-refractivity contribution in [1.29, 1.82) is 0 Å². The van der Waals surface area contributed by atoms with Crippen molar-refractivity contribution >= 4 is 5.97 Å². The molecule has 32 heavy (non-hydrogen) atoms. The number of alkyl halides is 3. The fourth-order valence-corrected chi connectivity index (χ4v) is 3.26. The highest BCUT2D eigenvalue weighted by Crippen LogP contribution is 2.31. The molecule has 2 heterocycles. The molecule has 0 unspecified atom stereocenters. The highest BCUT2D eigenvalue weighted by molar-refractivity contribution is 5.96. The van der Waals surface area contributed by atoms with Crippen molar-refractivity contribution in [2.75, 3.05) is 14.2 Å². The fourth-order valence-electron chi connectivity index (χ4n) is 3.26. The van der Waals surface area contributed by atoms with E-state index in [1.165, 1.54) is 36.2 Å². The highest BCUT2D eigenvalue weighted by Gasteiger charge is 2.31. The Morgan fingerprint density at radius 1 is 1.00 bits per heavy atom. The lowest BCUT2D eigenvalue weighted by Gasteiger charge is -2.13. The molecule has 0 amide bonds. The summed E-state index contributed by atoms with van der Waals surface area (Å²) in [5, 5.41) is 4.27. The van der Waals surface area contributed by atoms with Crippen molar-refractivity contribution in [3.8, 4) is 28.4 Å². The van der Waals surface area contributed by atoms with Crippen molar-refractivity contribution in [1.82, 2.24) is 14.3 Å². The average molecular weight is 443 g/mol. The lowest BCUT2D eigenvalue weighted by molar-refractivity contribution is -0.137. The van der Waals surface area contributed by atoms with E-state index in [0.717, 1.165) is 23.9 Å². The van der Waals surface area contributed by atoms with Gasteiger partial charge in [0.25, 0.3) is 5.56 Å². The molecule has 2 aromatic carbocycles. The Bertz CT molecular complexity index is 1320. The van der Waals surface area contributed by atoms with Crippen LogP contribution in [-0.4, -0.2) is 34.5 Å². The first-order chi connectivity index (χ1) is 15.2. The number of esters is 1. The van der Waals surface area contributed by atoms with Gasteiger partial charge in [0.1, 0.15) is 17.0 Å². The molecule has 0 bridgehead atoms. The van der Waals surface area contributed by atoms with E-state index < -0.39 is 23.3 Å². The monoisotopic (exact) mass is 443 g/mol. The van der Waals surface area contributed by atoms with E-state index in [0.29, 0.717) is 11.4 Å². The second-order valence-corrected chi connectivity index (χ2v) is 6.80. The van der Waals surface area contributed by atoms with Gasteiger partial charge in [-0.25, -0.2) is 4.79 Å². The van der Waals surface area contributed by atoms with Crippen molar-refractivity contribution < 1.29 is 27.4 Å². The third-order valence-corrected chi connectivity index (χ3v) is 4.86. The standard InChI is InChI=1S/C22H16F3N3O4/c1-31-16-8-6-14(7-9-16)28-20(29)17-11-27(12-18(19(17)26-28)21(30)32-2)15-5-3-4-13(10-15)22(23,24)25/h3-12H,1-2H3. The Balaban J connectivity index is 1.94. The number of carbonyl (C=O) groups excluding carboxylic acids is 1. The molecule has 0 atom stereocenters. The molecule has 0 saturated carbocycles. The number of hydrogen-bond donors (Lipinski definition) is 0. The van der Waals surface area contributed by atoms with Gasteiger partial charge >= 0.3 is 12.1 Å². The minimum atomic E-state index is -4.55.